The van der Waals surface area contributed by atoms with Gasteiger partial charge in [-0.25, -0.2) is 0 Å². The number of benzene rings is 2. The summed E-state index contributed by atoms with van der Waals surface area (Å²) in [6, 6.07) is 12.9. The smallest absolute Gasteiger partial charge is 0.255 e. The first-order valence-corrected chi connectivity index (χ1v) is 13.2. The van der Waals surface area contributed by atoms with Crippen molar-refractivity contribution in [1.29, 1.82) is 0 Å². The predicted molar refractivity (Wildman–Crippen MR) is 142 cm³/mol. The highest BCUT2D eigenvalue weighted by Crippen LogP contribution is 2.38. The highest BCUT2D eigenvalue weighted by molar-refractivity contribution is 5.96. The van der Waals surface area contributed by atoms with Crippen molar-refractivity contribution < 1.29 is 23.8 Å². The lowest BCUT2D eigenvalue weighted by molar-refractivity contribution is -0.135. The largest absolute Gasteiger partial charge is 0.497 e. The van der Waals surface area contributed by atoms with Crippen molar-refractivity contribution in [2.75, 3.05) is 40.5 Å². The molecule has 1 atom stereocenters. The molecule has 2 amide bonds. The van der Waals surface area contributed by atoms with Crippen molar-refractivity contribution >= 4 is 11.8 Å². The molecule has 2 heterocycles. The third-order valence-electron chi connectivity index (χ3n) is 7.54. The Morgan fingerprint density at radius 3 is 2.57 bits per heavy atom. The van der Waals surface area contributed by atoms with E-state index in [9.17, 15) is 9.59 Å². The Labute approximate surface area is 219 Å². The molecule has 2 aromatic carbocycles. The van der Waals surface area contributed by atoms with Crippen molar-refractivity contribution in [2.24, 2.45) is 5.41 Å². The summed E-state index contributed by atoms with van der Waals surface area (Å²) in [4.78, 5) is 28.7. The van der Waals surface area contributed by atoms with E-state index in [-0.39, 0.29) is 17.9 Å². The Kier molecular flexibility index (Phi) is 8.92. The number of ether oxygens (including phenoxy) is 3. The van der Waals surface area contributed by atoms with E-state index < -0.39 is 5.41 Å². The van der Waals surface area contributed by atoms with Gasteiger partial charge in [0.25, 0.3) is 5.91 Å². The van der Waals surface area contributed by atoms with E-state index >= 15 is 0 Å². The maximum Gasteiger partial charge on any atom is 0.255 e. The number of hydrogen-bond donors (Lipinski definition) is 2. The lowest BCUT2D eigenvalue weighted by Gasteiger charge is -2.41. The van der Waals surface area contributed by atoms with Gasteiger partial charge in [0.2, 0.25) is 5.91 Å². The van der Waals surface area contributed by atoms with Gasteiger partial charge in [0.05, 0.1) is 31.2 Å². The van der Waals surface area contributed by atoms with E-state index in [0.29, 0.717) is 24.5 Å². The van der Waals surface area contributed by atoms with Gasteiger partial charge < -0.3 is 24.8 Å². The minimum Gasteiger partial charge on any atom is -0.497 e. The van der Waals surface area contributed by atoms with E-state index in [1.165, 1.54) is 0 Å². The molecular weight excluding hydrogens is 470 g/mol. The summed E-state index contributed by atoms with van der Waals surface area (Å²) >= 11 is 0. The second-order valence-electron chi connectivity index (χ2n) is 10.1. The van der Waals surface area contributed by atoms with Crippen molar-refractivity contribution in [2.45, 2.75) is 51.6 Å². The van der Waals surface area contributed by atoms with E-state index in [2.05, 4.69) is 15.5 Å². The van der Waals surface area contributed by atoms with Gasteiger partial charge in [-0.1, -0.05) is 18.6 Å². The van der Waals surface area contributed by atoms with Gasteiger partial charge in [0.1, 0.15) is 23.9 Å². The van der Waals surface area contributed by atoms with Crippen LogP contribution in [0.25, 0.3) is 0 Å². The molecule has 0 aromatic heterocycles. The highest BCUT2D eigenvalue weighted by Gasteiger charge is 2.41. The van der Waals surface area contributed by atoms with Gasteiger partial charge in [-0.15, -0.1) is 0 Å². The molecule has 1 spiro atoms. The quantitative estimate of drug-likeness (QED) is 0.652. The monoisotopic (exact) mass is 509 g/mol. The molecule has 1 fully saturated rings. The minimum atomic E-state index is -0.421. The molecule has 2 N–H and O–H groups in total. The predicted octanol–water partition coefficient (Wildman–Crippen LogP) is 3.78. The Bertz CT molecular complexity index is 1080. The molecule has 0 bridgehead atoms. The average molecular weight is 510 g/mol. The Hall–Kier alpha value is -3.26. The van der Waals surface area contributed by atoms with Gasteiger partial charge in [-0.2, -0.15) is 0 Å². The minimum absolute atomic E-state index is 0.108. The molecule has 0 aliphatic carbocycles. The molecule has 2 aliphatic heterocycles. The van der Waals surface area contributed by atoms with Crippen molar-refractivity contribution in [3.63, 3.8) is 0 Å². The maximum absolute atomic E-state index is 13.6. The molecule has 0 unspecified atom stereocenters. The van der Waals surface area contributed by atoms with Crippen molar-refractivity contribution in [3.8, 4) is 17.2 Å². The molecule has 37 heavy (non-hydrogen) atoms. The topological polar surface area (TPSA) is 89.1 Å². The molecule has 0 radical (unpaired) electrons. The second kappa shape index (κ2) is 12.3. The fourth-order valence-corrected chi connectivity index (χ4v) is 5.28. The number of nitrogens with one attached hydrogen (secondary N) is 2. The number of piperidine rings is 1. The number of likely N-dealkylation sites (tertiary alicyclic amines) is 1. The second-order valence-corrected chi connectivity index (χ2v) is 10.1. The molecule has 8 nitrogen and oxygen atoms in total. The summed E-state index contributed by atoms with van der Waals surface area (Å²) in [7, 11) is 3.35. The summed E-state index contributed by atoms with van der Waals surface area (Å²) in [5.41, 5.74) is 1.18. The number of para-hydroxylation sites is 1. The third kappa shape index (κ3) is 6.55. The van der Waals surface area contributed by atoms with Crippen LogP contribution in [-0.4, -0.2) is 63.2 Å². The first kappa shape index (κ1) is 26.8. The van der Waals surface area contributed by atoms with Crippen LogP contribution in [0, 0.1) is 5.41 Å². The van der Waals surface area contributed by atoms with Crippen molar-refractivity contribution in [1.82, 2.24) is 15.5 Å². The average Bonchev–Trinajstić information content (AvgIpc) is 2.92. The number of amides is 2. The fourth-order valence-electron chi connectivity index (χ4n) is 5.28. The zero-order chi connectivity index (χ0) is 26.3. The van der Waals surface area contributed by atoms with Crippen molar-refractivity contribution in [3.05, 3.63) is 53.6 Å². The number of rotatable bonds is 4. The number of hydrogen-bond acceptors (Lipinski definition) is 6. The normalized spacial score (nSPS) is 21.1. The molecule has 4 rings (SSSR count). The molecule has 0 saturated carbocycles. The van der Waals surface area contributed by atoms with Crippen LogP contribution in [0.3, 0.4) is 0 Å². The summed E-state index contributed by atoms with van der Waals surface area (Å²) in [5, 5.41) is 6.23. The van der Waals surface area contributed by atoms with Crippen LogP contribution in [0.5, 0.6) is 17.2 Å². The Morgan fingerprint density at radius 1 is 1.03 bits per heavy atom. The highest BCUT2D eigenvalue weighted by atomic mass is 16.5. The van der Waals surface area contributed by atoms with Gasteiger partial charge in [0.15, 0.2) is 0 Å². The van der Waals surface area contributed by atoms with Crippen LogP contribution in [0.1, 0.15) is 54.9 Å². The van der Waals surface area contributed by atoms with E-state index in [1.54, 1.807) is 26.4 Å². The first-order valence-electron chi connectivity index (χ1n) is 13.2. The van der Waals surface area contributed by atoms with Gasteiger partial charge in [0, 0.05) is 18.7 Å². The van der Waals surface area contributed by atoms with Crippen LogP contribution < -0.4 is 24.8 Å². The Morgan fingerprint density at radius 2 is 1.81 bits per heavy atom. The molecule has 1 saturated heterocycles. The van der Waals surface area contributed by atoms with Crippen LogP contribution in [0.4, 0.5) is 0 Å². The molecule has 2 aliphatic rings. The van der Waals surface area contributed by atoms with E-state index in [4.69, 9.17) is 14.2 Å². The molecule has 200 valence electrons. The summed E-state index contributed by atoms with van der Waals surface area (Å²) in [5.74, 6) is 2.17. The van der Waals surface area contributed by atoms with Gasteiger partial charge in [-0.05, 0) is 76.0 Å². The molecule has 2 aromatic rings. The molecule has 8 heteroatoms. The molecular formula is C29H39N3O5. The van der Waals surface area contributed by atoms with Crippen LogP contribution in [-0.2, 0) is 11.3 Å². The van der Waals surface area contributed by atoms with E-state index in [0.717, 1.165) is 68.8 Å². The fraction of sp³-hybridized carbons (Fsp3) is 0.517. The lowest BCUT2D eigenvalue weighted by Crippen LogP contribution is -2.51. The zero-order valence-electron chi connectivity index (χ0n) is 22.2. The SMILES string of the molecule is COc1ccc(OC)c(CN2CCC3(CCCCNC(=O)c4ccccc4OC[C@@H](C)NC3=O)CC2)c1. The lowest BCUT2D eigenvalue weighted by atomic mass is 9.73. The summed E-state index contributed by atoms with van der Waals surface area (Å²) in [6.07, 6.45) is 4.07. The van der Waals surface area contributed by atoms with E-state index in [1.807, 2.05) is 37.3 Å². The number of methoxy groups -OCH3 is 2. The first-order chi connectivity index (χ1) is 17.9. The number of carbonyl (C=O) groups excluding carboxylic acids is 2. The van der Waals surface area contributed by atoms with Crippen LogP contribution in [0.2, 0.25) is 0 Å². The van der Waals surface area contributed by atoms with Gasteiger partial charge >= 0.3 is 0 Å². The van der Waals surface area contributed by atoms with Gasteiger partial charge in [-0.3, -0.25) is 14.5 Å². The third-order valence-corrected chi connectivity index (χ3v) is 7.54. The Balaban J connectivity index is 1.44. The standard InChI is InChI=1S/C29H39N3O5/c1-21-20-37-26-9-5-4-8-24(26)27(33)30-15-7-6-12-29(28(34)31-21)13-16-32(17-14-29)19-22-18-23(35-2)10-11-25(22)36-3/h4-5,8-11,18,21H,6-7,12-17,19-20H2,1-3H3,(H,30,33)(H,31,34)/t21-/m1/s1. The summed E-state index contributed by atoms with van der Waals surface area (Å²) < 4.78 is 16.9. The number of nitrogens with zero attached hydrogens (tertiary/aromatic N) is 1. The zero-order valence-corrected chi connectivity index (χ0v) is 22.2. The summed E-state index contributed by atoms with van der Waals surface area (Å²) in [6.45, 7) is 5.21. The number of carbonyl (C=O) groups is 2. The van der Waals surface area contributed by atoms with Crippen LogP contribution >= 0.6 is 0 Å². The maximum atomic E-state index is 13.6. The van der Waals surface area contributed by atoms with Crippen LogP contribution in [0.15, 0.2) is 42.5 Å². The number of fused-ring (bicyclic) bond motifs is 1.